The van der Waals surface area contributed by atoms with Crippen LogP contribution in [0.25, 0.3) is 0 Å². The van der Waals surface area contributed by atoms with Gasteiger partial charge in [-0.25, -0.2) is 8.42 Å². The van der Waals surface area contributed by atoms with Crippen LogP contribution in [0.1, 0.15) is 12.8 Å². The number of carbonyl (C=O) groups excluding carboxylic acids is 1. The molecule has 1 aliphatic heterocycles. The lowest BCUT2D eigenvalue weighted by molar-refractivity contribution is -0.127. The minimum Gasteiger partial charge on any atom is -0.382 e. The summed E-state index contributed by atoms with van der Waals surface area (Å²) >= 11 is 0. The number of carbonyl (C=O) groups is 1. The minimum atomic E-state index is -3.45. The maximum Gasteiger partial charge on any atom is 0.246 e. The zero-order valence-corrected chi connectivity index (χ0v) is 14.6. The summed E-state index contributed by atoms with van der Waals surface area (Å²) in [5.74, 6) is -0.185. The number of piperidine rings is 1. The van der Waals surface area contributed by atoms with Gasteiger partial charge in [-0.1, -0.05) is 18.2 Å². The molecule has 24 heavy (non-hydrogen) atoms. The van der Waals surface area contributed by atoms with E-state index in [1.807, 2.05) is 0 Å². The Labute approximate surface area is 143 Å². The number of hydrogen-bond donors (Lipinski definition) is 1. The summed E-state index contributed by atoms with van der Waals surface area (Å²) in [6.45, 7) is 1.60. The summed E-state index contributed by atoms with van der Waals surface area (Å²) in [5.41, 5.74) is 0. The maximum atomic E-state index is 12.5. The van der Waals surface area contributed by atoms with Gasteiger partial charge in [0.05, 0.1) is 18.1 Å². The zero-order chi connectivity index (χ0) is 17.4. The number of rotatable bonds is 8. The molecule has 7 nitrogen and oxygen atoms in total. The smallest absolute Gasteiger partial charge is 0.246 e. The van der Waals surface area contributed by atoms with E-state index in [2.05, 4.69) is 5.32 Å². The van der Waals surface area contributed by atoms with Gasteiger partial charge in [0.15, 0.2) is 0 Å². The molecule has 1 aromatic rings. The Bertz CT molecular complexity index is 613. The van der Waals surface area contributed by atoms with Crippen LogP contribution >= 0.6 is 0 Å². The number of sulfonamides is 1. The van der Waals surface area contributed by atoms with Crippen molar-refractivity contribution < 1.29 is 22.7 Å². The van der Waals surface area contributed by atoms with E-state index in [1.54, 1.807) is 37.4 Å². The summed E-state index contributed by atoms with van der Waals surface area (Å²) in [4.78, 5) is 12.1. The Kier molecular flexibility index (Phi) is 7.16. The van der Waals surface area contributed by atoms with Gasteiger partial charge in [0, 0.05) is 26.2 Å². The van der Waals surface area contributed by atoms with Crippen molar-refractivity contribution >= 4 is 15.9 Å². The van der Waals surface area contributed by atoms with E-state index in [1.165, 1.54) is 4.31 Å². The molecule has 0 aliphatic carbocycles. The fourth-order valence-corrected chi connectivity index (χ4v) is 4.05. The van der Waals surface area contributed by atoms with E-state index in [-0.39, 0.29) is 18.6 Å². The van der Waals surface area contributed by atoms with Crippen LogP contribution in [-0.4, -0.2) is 64.7 Å². The standard InChI is InChI=1S/C16H24N2O5S/c1-22-11-12-23-13-16(19)17-14-7-9-18(10-8-14)24(20,21)15-5-3-2-4-6-15/h2-6,14H,7-13H2,1H3,(H,17,19). The molecule has 134 valence electrons. The molecule has 0 unspecified atom stereocenters. The second-order valence-electron chi connectivity index (χ2n) is 5.60. The first kappa shape index (κ1) is 18.9. The van der Waals surface area contributed by atoms with Gasteiger partial charge in [-0.3, -0.25) is 4.79 Å². The first-order valence-corrected chi connectivity index (χ1v) is 9.39. The van der Waals surface area contributed by atoms with Crippen molar-refractivity contribution in [2.24, 2.45) is 0 Å². The molecule has 1 aliphatic rings. The monoisotopic (exact) mass is 356 g/mol. The first-order valence-electron chi connectivity index (χ1n) is 7.95. The first-order chi connectivity index (χ1) is 11.5. The maximum absolute atomic E-state index is 12.5. The number of hydrogen-bond acceptors (Lipinski definition) is 5. The Morgan fingerprint density at radius 2 is 1.88 bits per heavy atom. The van der Waals surface area contributed by atoms with Gasteiger partial charge in [0.2, 0.25) is 15.9 Å². The van der Waals surface area contributed by atoms with E-state index in [9.17, 15) is 13.2 Å². The molecular weight excluding hydrogens is 332 g/mol. The predicted molar refractivity (Wildman–Crippen MR) is 89.1 cm³/mol. The lowest BCUT2D eigenvalue weighted by Gasteiger charge is -2.31. The van der Waals surface area contributed by atoms with Crippen LogP contribution in [0.2, 0.25) is 0 Å². The van der Waals surface area contributed by atoms with E-state index in [0.29, 0.717) is 44.0 Å². The highest BCUT2D eigenvalue weighted by molar-refractivity contribution is 7.89. The number of ether oxygens (including phenoxy) is 2. The number of amides is 1. The molecule has 1 fully saturated rings. The molecule has 0 aromatic heterocycles. The van der Waals surface area contributed by atoms with Crippen LogP contribution in [0, 0.1) is 0 Å². The SMILES string of the molecule is COCCOCC(=O)NC1CCN(S(=O)(=O)c2ccccc2)CC1. The Morgan fingerprint density at radius 3 is 2.50 bits per heavy atom. The van der Waals surface area contributed by atoms with Crippen molar-refractivity contribution in [1.82, 2.24) is 9.62 Å². The molecule has 0 radical (unpaired) electrons. The molecule has 0 spiro atoms. The van der Waals surface area contributed by atoms with Gasteiger partial charge in [-0.2, -0.15) is 4.31 Å². The van der Waals surface area contributed by atoms with E-state index in [0.717, 1.165) is 0 Å². The largest absolute Gasteiger partial charge is 0.382 e. The summed E-state index contributed by atoms with van der Waals surface area (Å²) in [7, 11) is -1.88. The van der Waals surface area contributed by atoms with Crippen LogP contribution < -0.4 is 5.32 Å². The van der Waals surface area contributed by atoms with Crippen molar-refractivity contribution in [3.8, 4) is 0 Å². The Hall–Kier alpha value is -1.48. The Balaban J connectivity index is 1.78. The van der Waals surface area contributed by atoms with E-state index in [4.69, 9.17) is 9.47 Å². The molecule has 1 heterocycles. The molecule has 0 atom stereocenters. The molecule has 2 rings (SSSR count). The van der Waals surface area contributed by atoms with Crippen molar-refractivity contribution in [2.45, 2.75) is 23.8 Å². The number of benzene rings is 1. The van der Waals surface area contributed by atoms with Crippen LogP contribution in [0.4, 0.5) is 0 Å². The van der Waals surface area contributed by atoms with Crippen LogP contribution in [0.15, 0.2) is 35.2 Å². The topological polar surface area (TPSA) is 84.9 Å². The molecule has 1 N–H and O–H groups in total. The summed E-state index contributed by atoms with van der Waals surface area (Å²) < 4.78 is 36.5. The molecule has 1 aromatic carbocycles. The second kappa shape index (κ2) is 9.12. The average Bonchev–Trinajstić information content (AvgIpc) is 2.60. The number of nitrogens with zero attached hydrogens (tertiary/aromatic N) is 1. The summed E-state index contributed by atoms with van der Waals surface area (Å²) in [5, 5.41) is 2.88. The van der Waals surface area contributed by atoms with Gasteiger partial charge in [0.25, 0.3) is 0 Å². The molecule has 8 heteroatoms. The van der Waals surface area contributed by atoms with Crippen LogP contribution in [0.3, 0.4) is 0 Å². The van der Waals surface area contributed by atoms with Gasteiger partial charge in [-0.05, 0) is 25.0 Å². The molecule has 1 saturated heterocycles. The molecule has 0 saturated carbocycles. The second-order valence-corrected chi connectivity index (χ2v) is 7.54. The van der Waals surface area contributed by atoms with Gasteiger partial charge in [0.1, 0.15) is 6.61 Å². The molecular formula is C16H24N2O5S. The lowest BCUT2D eigenvalue weighted by Crippen LogP contribution is -2.47. The van der Waals surface area contributed by atoms with Gasteiger partial charge < -0.3 is 14.8 Å². The highest BCUT2D eigenvalue weighted by atomic mass is 32.2. The van der Waals surface area contributed by atoms with E-state index < -0.39 is 10.0 Å². The highest BCUT2D eigenvalue weighted by Crippen LogP contribution is 2.20. The van der Waals surface area contributed by atoms with Crippen molar-refractivity contribution in [3.63, 3.8) is 0 Å². The van der Waals surface area contributed by atoms with Gasteiger partial charge in [-0.15, -0.1) is 0 Å². The molecule has 0 bridgehead atoms. The lowest BCUT2D eigenvalue weighted by atomic mass is 10.1. The van der Waals surface area contributed by atoms with Crippen LogP contribution in [0.5, 0.6) is 0 Å². The molecule has 1 amide bonds. The summed E-state index contributed by atoms with van der Waals surface area (Å²) in [6, 6.07) is 8.38. The van der Waals surface area contributed by atoms with Gasteiger partial charge >= 0.3 is 0 Å². The fraction of sp³-hybridized carbons (Fsp3) is 0.562. The number of nitrogens with one attached hydrogen (secondary N) is 1. The average molecular weight is 356 g/mol. The van der Waals surface area contributed by atoms with E-state index >= 15 is 0 Å². The van der Waals surface area contributed by atoms with Crippen molar-refractivity contribution in [3.05, 3.63) is 30.3 Å². The quantitative estimate of drug-likeness (QED) is 0.690. The zero-order valence-electron chi connectivity index (χ0n) is 13.8. The predicted octanol–water partition coefficient (Wildman–Crippen LogP) is 0.619. The normalized spacial score (nSPS) is 16.9. The third kappa shape index (κ3) is 5.27. The number of methoxy groups -OCH3 is 1. The highest BCUT2D eigenvalue weighted by Gasteiger charge is 2.29. The minimum absolute atomic E-state index is 0.00805. The Morgan fingerprint density at radius 1 is 1.21 bits per heavy atom. The van der Waals surface area contributed by atoms with Crippen molar-refractivity contribution in [2.75, 3.05) is 40.0 Å². The summed E-state index contributed by atoms with van der Waals surface area (Å²) in [6.07, 6.45) is 1.19. The third-order valence-electron chi connectivity index (χ3n) is 3.86. The third-order valence-corrected chi connectivity index (χ3v) is 5.78. The fourth-order valence-electron chi connectivity index (χ4n) is 2.56. The van der Waals surface area contributed by atoms with Crippen LogP contribution in [-0.2, 0) is 24.3 Å². The van der Waals surface area contributed by atoms with Crippen molar-refractivity contribution in [1.29, 1.82) is 0 Å².